The fourth-order valence-electron chi connectivity index (χ4n) is 1.07. The Bertz CT molecular complexity index is 286. The van der Waals surface area contributed by atoms with E-state index in [4.69, 9.17) is 0 Å². The van der Waals surface area contributed by atoms with Crippen LogP contribution in [-0.4, -0.2) is 37.1 Å². The van der Waals surface area contributed by atoms with E-state index in [2.05, 4.69) is 23.5 Å². The molecule has 0 saturated heterocycles. The second-order valence-corrected chi connectivity index (χ2v) is 6.05. The maximum atomic E-state index is 4.33. The van der Waals surface area contributed by atoms with Crippen LogP contribution in [0.4, 0.5) is 5.13 Å². The minimum absolute atomic E-state index is 0.672. The highest BCUT2D eigenvalue weighted by atomic mass is 32.2. The van der Waals surface area contributed by atoms with Gasteiger partial charge in [0.1, 0.15) is 0 Å². The number of thiazole rings is 1. The van der Waals surface area contributed by atoms with Gasteiger partial charge in [-0.15, -0.1) is 11.3 Å². The van der Waals surface area contributed by atoms with Crippen LogP contribution in [0.25, 0.3) is 0 Å². The first-order valence-corrected chi connectivity index (χ1v) is 7.09. The lowest BCUT2D eigenvalue weighted by Crippen LogP contribution is -2.21. The van der Waals surface area contributed by atoms with Crippen molar-refractivity contribution in [3.8, 4) is 0 Å². The van der Waals surface area contributed by atoms with Gasteiger partial charge in [0, 0.05) is 43.5 Å². The van der Waals surface area contributed by atoms with Crippen LogP contribution in [-0.2, 0) is 6.54 Å². The molecule has 86 valence electrons. The summed E-state index contributed by atoms with van der Waals surface area (Å²) in [6, 6.07) is 0. The average molecular weight is 245 g/mol. The SMILES string of the molecule is CSC(C)CNCc1cnc(N(C)C)s1. The van der Waals surface area contributed by atoms with Gasteiger partial charge in [0.15, 0.2) is 5.13 Å². The van der Waals surface area contributed by atoms with Crippen molar-refractivity contribution in [1.82, 2.24) is 10.3 Å². The first kappa shape index (κ1) is 12.8. The molecule has 1 atom stereocenters. The van der Waals surface area contributed by atoms with Crippen molar-refractivity contribution >= 4 is 28.2 Å². The molecule has 0 aliphatic rings. The van der Waals surface area contributed by atoms with Crippen molar-refractivity contribution in [1.29, 1.82) is 0 Å². The molecule has 1 N–H and O–H groups in total. The topological polar surface area (TPSA) is 28.2 Å². The number of hydrogen-bond donors (Lipinski definition) is 1. The summed E-state index contributed by atoms with van der Waals surface area (Å²) in [5.74, 6) is 0. The molecule has 0 bridgehead atoms. The van der Waals surface area contributed by atoms with Crippen LogP contribution in [0.1, 0.15) is 11.8 Å². The summed E-state index contributed by atoms with van der Waals surface area (Å²) in [6.07, 6.45) is 4.10. The Hall–Kier alpha value is -0.260. The van der Waals surface area contributed by atoms with Gasteiger partial charge in [0.25, 0.3) is 0 Å². The van der Waals surface area contributed by atoms with Crippen LogP contribution in [0.15, 0.2) is 6.20 Å². The number of hydrogen-bond acceptors (Lipinski definition) is 5. The smallest absolute Gasteiger partial charge is 0.185 e. The third kappa shape index (κ3) is 4.40. The van der Waals surface area contributed by atoms with E-state index >= 15 is 0 Å². The lowest BCUT2D eigenvalue weighted by molar-refractivity contribution is 0.690. The van der Waals surface area contributed by atoms with Crippen LogP contribution in [0.3, 0.4) is 0 Å². The van der Waals surface area contributed by atoms with Crippen molar-refractivity contribution in [3.05, 3.63) is 11.1 Å². The Morgan fingerprint density at radius 2 is 2.33 bits per heavy atom. The largest absolute Gasteiger partial charge is 0.354 e. The van der Waals surface area contributed by atoms with Crippen molar-refractivity contribution in [2.75, 3.05) is 31.8 Å². The van der Waals surface area contributed by atoms with Gasteiger partial charge in [-0.2, -0.15) is 11.8 Å². The monoisotopic (exact) mass is 245 g/mol. The van der Waals surface area contributed by atoms with Gasteiger partial charge in [0.2, 0.25) is 0 Å². The summed E-state index contributed by atoms with van der Waals surface area (Å²) in [5.41, 5.74) is 0. The van der Waals surface area contributed by atoms with Gasteiger partial charge in [-0.3, -0.25) is 0 Å². The maximum Gasteiger partial charge on any atom is 0.185 e. The molecule has 1 unspecified atom stereocenters. The van der Waals surface area contributed by atoms with Gasteiger partial charge >= 0.3 is 0 Å². The Morgan fingerprint density at radius 1 is 1.60 bits per heavy atom. The molecule has 0 spiro atoms. The van der Waals surface area contributed by atoms with E-state index in [1.807, 2.05) is 37.0 Å². The standard InChI is InChI=1S/C10H19N3S2/c1-8(14-4)5-11-6-9-7-12-10(15-9)13(2)3/h7-8,11H,5-6H2,1-4H3. The first-order valence-electron chi connectivity index (χ1n) is 4.99. The molecule has 1 aromatic heterocycles. The summed E-state index contributed by atoms with van der Waals surface area (Å²) in [5, 5.41) is 5.18. The predicted molar refractivity (Wildman–Crippen MR) is 71.1 cm³/mol. The fourth-order valence-corrected chi connectivity index (χ4v) is 2.15. The van der Waals surface area contributed by atoms with Gasteiger partial charge in [-0.25, -0.2) is 4.98 Å². The number of aromatic nitrogens is 1. The Labute approximate surface area is 100 Å². The van der Waals surface area contributed by atoms with Crippen LogP contribution in [0.5, 0.6) is 0 Å². The predicted octanol–water partition coefficient (Wildman–Crippen LogP) is 2.05. The molecule has 0 aliphatic heterocycles. The summed E-state index contributed by atoms with van der Waals surface area (Å²) in [4.78, 5) is 7.67. The molecule has 0 saturated carbocycles. The highest BCUT2D eigenvalue weighted by Crippen LogP contribution is 2.19. The molecule has 5 heteroatoms. The van der Waals surface area contributed by atoms with E-state index in [1.54, 1.807) is 11.3 Å². The van der Waals surface area contributed by atoms with Crippen LogP contribution in [0, 0.1) is 0 Å². The van der Waals surface area contributed by atoms with Gasteiger partial charge in [-0.05, 0) is 6.26 Å². The number of nitrogens with one attached hydrogen (secondary N) is 1. The fraction of sp³-hybridized carbons (Fsp3) is 0.700. The van der Waals surface area contributed by atoms with Crippen molar-refractivity contribution in [2.24, 2.45) is 0 Å². The molecular weight excluding hydrogens is 226 g/mol. The number of nitrogens with zero attached hydrogens (tertiary/aromatic N) is 2. The van der Waals surface area contributed by atoms with Crippen molar-refractivity contribution in [2.45, 2.75) is 18.7 Å². The molecular formula is C10H19N3S2. The average Bonchev–Trinajstić information content (AvgIpc) is 2.66. The third-order valence-corrected chi connectivity index (χ3v) is 4.19. The normalized spacial score (nSPS) is 12.8. The van der Waals surface area contributed by atoms with Crippen molar-refractivity contribution in [3.63, 3.8) is 0 Å². The second-order valence-electron chi connectivity index (χ2n) is 3.68. The number of anilines is 1. The molecule has 15 heavy (non-hydrogen) atoms. The van der Waals surface area contributed by atoms with E-state index in [0.717, 1.165) is 18.2 Å². The highest BCUT2D eigenvalue weighted by molar-refractivity contribution is 7.99. The minimum atomic E-state index is 0.672. The maximum absolute atomic E-state index is 4.33. The van der Waals surface area contributed by atoms with Gasteiger partial charge < -0.3 is 10.2 Å². The van der Waals surface area contributed by atoms with Gasteiger partial charge in [0.05, 0.1) is 0 Å². The second kappa shape index (κ2) is 6.35. The first-order chi connectivity index (χ1) is 7.13. The summed E-state index contributed by atoms with van der Waals surface area (Å²) in [6.45, 7) is 4.21. The van der Waals surface area contributed by atoms with E-state index in [1.165, 1.54) is 4.88 Å². The number of rotatable bonds is 6. The molecule has 0 fully saturated rings. The molecule has 3 nitrogen and oxygen atoms in total. The molecule has 0 aromatic carbocycles. The number of thioether (sulfide) groups is 1. The zero-order valence-corrected chi connectivity index (χ0v) is 11.4. The van der Waals surface area contributed by atoms with Crippen LogP contribution >= 0.6 is 23.1 Å². The zero-order valence-electron chi connectivity index (χ0n) is 9.78. The van der Waals surface area contributed by atoms with Crippen LogP contribution in [0.2, 0.25) is 0 Å². The molecule has 1 aromatic rings. The highest BCUT2D eigenvalue weighted by Gasteiger charge is 2.04. The Morgan fingerprint density at radius 3 is 2.87 bits per heavy atom. The quantitative estimate of drug-likeness (QED) is 0.830. The van der Waals surface area contributed by atoms with E-state index < -0.39 is 0 Å². The lowest BCUT2D eigenvalue weighted by Gasteiger charge is -2.08. The molecule has 0 aliphatic carbocycles. The third-order valence-electron chi connectivity index (χ3n) is 2.06. The molecule has 0 amide bonds. The lowest BCUT2D eigenvalue weighted by atomic mass is 10.4. The molecule has 1 rings (SSSR count). The van der Waals surface area contributed by atoms with Crippen LogP contribution < -0.4 is 10.2 Å². The summed E-state index contributed by atoms with van der Waals surface area (Å²) >= 11 is 3.63. The van der Waals surface area contributed by atoms with Gasteiger partial charge in [-0.1, -0.05) is 6.92 Å². The summed E-state index contributed by atoms with van der Waals surface area (Å²) < 4.78 is 0. The molecule has 1 heterocycles. The van der Waals surface area contributed by atoms with Crippen molar-refractivity contribution < 1.29 is 0 Å². The Balaban J connectivity index is 2.31. The summed E-state index contributed by atoms with van der Waals surface area (Å²) in [7, 11) is 4.04. The van der Waals surface area contributed by atoms with E-state index in [-0.39, 0.29) is 0 Å². The zero-order chi connectivity index (χ0) is 11.3. The van der Waals surface area contributed by atoms with E-state index in [0.29, 0.717) is 5.25 Å². The molecule has 0 radical (unpaired) electrons. The minimum Gasteiger partial charge on any atom is -0.354 e. The van der Waals surface area contributed by atoms with E-state index in [9.17, 15) is 0 Å². The Kier molecular flexibility index (Phi) is 5.42.